The van der Waals surface area contributed by atoms with Crippen LogP contribution in [0.3, 0.4) is 0 Å². The molecule has 1 rings (SSSR count). The molecular formula is C15H18ClNO7. The number of carbonyl (C=O) groups is 3. The zero-order valence-electron chi connectivity index (χ0n) is 13.2. The maximum absolute atomic E-state index is 11.6. The van der Waals surface area contributed by atoms with Crippen LogP contribution in [0.15, 0.2) is 24.3 Å². The number of carbonyl (C=O) groups excluding carboxylic acids is 2. The number of nitrogens with one attached hydrogen (secondary N) is 1. The minimum atomic E-state index is -1.37. The number of rotatable bonds is 8. The van der Waals surface area contributed by atoms with E-state index < -0.39 is 30.4 Å². The molecule has 0 saturated carbocycles. The van der Waals surface area contributed by atoms with Crippen LogP contribution in [0.1, 0.15) is 20.3 Å². The Balaban J connectivity index is 2.52. The Morgan fingerprint density at radius 2 is 1.92 bits per heavy atom. The average Bonchev–Trinajstić information content (AvgIpc) is 2.52. The predicted molar refractivity (Wildman–Crippen MR) is 83.8 cm³/mol. The quantitative estimate of drug-likeness (QED) is 0.540. The van der Waals surface area contributed by atoms with Crippen molar-refractivity contribution >= 4 is 29.6 Å². The molecule has 0 aliphatic carbocycles. The number of aliphatic carboxylic acids is 1. The lowest BCUT2D eigenvalue weighted by Gasteiger charge is -2.18. The topological polar surface area (TPSA) is 111 Å². The van der Waals surface area contributed by atoms with Crippen molar-refractivity contribution in [2.75, 3.05) is 6.54 Å². The van der Waals surface area contributed by atoms with Crippen LogP contribution in [-0.2, 0) is 19.1 Å². The van der Waals surface area contributed by atoms with Crippen molar-refractivity contribution in [3.05, 3.63) is 29.3 Å². The summed E-state index contributed by atoms with van der Waals surface area (Å²) in [4.78, 5) is 33.8. The van der Waals surface area contributed by atoms with Gasteiger partial charge < -0.3 is 24.6 Å². The van der Waals surface area contributed by atoms with Crippen molar-refractivity contribution in [2.45, 2.75) is 32.7 Å². The van der Waals surface area contributed by atoms with Crippen molar-refractivity contribution in [3.8, 4) is 5.75 Å². The van der Waals surface area contributed by atoms with Crippen LogP contribution < -0.4 is 10.1 Å². The molecule has 0 aliphatic heterocycles. The standard InChI is InChI=1S/C15H18ClNO7/c1-3-13(18)22-9(2)23-15(21)17-8-12(14(19)20)24-11-7-5-4-6-10(11)16/h4-7,9,12H,3,8H2,1-2H3,(H,17,21)(H,19,20)/t9-,12-/m0/s1. The monoisotopic (exact) mass is 359 g/mol. The van der Waals surface area contributed by atoms with Gasteiger partial charge in [0.2, 0.25) is 12.4 Å². The van der Waals surface area contributed by atoms with Gasteiger partial charge in [-0.25, -0.2) is 9.59 Å². The molecule has 132 valence electrons. The summed E-state index contributed by atoms with van der Waals surface area (Å²) in [6, 6.07) is 6.34. The Kier molecular flexibility index (Phi) is 7.84. The van der Waals surface area contributed by atoms with Crippen molar-refractivity contribution in [2.24, 2.45) is 0 Å². The van der Waals surface area contributed by atoms with Gasteiger partial charge in [0.05, 0.1) is 11.6 Å². The fourth-order valence-electron chi connectivity index (χ4n) is 1.53. The Morgan fingerprint density at radius 3 is 2.50 bits per heavy atom. The van der Waals surface area contributed by atoms with Gasteiger partial charge >= 0.3 is 18.0 Å². The Morgan fingerprint density at radius 1 is 1.25 bits per heavy atom. The fraction of sp³-hybridized carbons (Fsp3) is 0.400. The lowest BCUT2D eigenvalue weighted by molar-refractivity contribution is -0.164. The van der Waals surface area contributed by atoms with E-state index in [0.717, 1.165) is 0 Å². The molecule has 24 heavy (non-hydrogen) atoms. The smallest absolute Gasteiger partial charge is 0.410 e. The number of carboxylic acid groups (broad SMARTS) is 1. The van der Waals surface area contributed by atoms with Gasteiger partial charge in [0, 0.05) is 13.3 Å². The molecular weight excluding hydrogens is 342 g/mol. The third-order valence-electron chi connectivity index (χ3n) is 2.67. The van der Waals surface area contributed by atoms with Crippen molar-refractivity contribution in [3.63, 3.8) is 0 Å². The van der Waals surface area contributed by atoms with Crippen molar-refractivity contribution < 1.29 is 33.7 Å². The highest BCUT2D eigenvalue weighted by Gasteiger charge is 2.22. The van der Waals surface area contributed by atoms with E-state index >= 15 is 0 Å². The largest absolute Gasteiger partial charge is 0.478 e. The Hall–Kier alpha value is -2.48. The first-order chi connectivity index (χ1) is 11.3. The van der Waals surface area contributed by atoms with E-state index in [-0.39, 0.29) is 23.7 Å². The van der Waals surface area contributed by atoms with E-state index in [9.17, 15) is 14.4 Å². The number of ether oxygens (including phenoxy) is 3. The van der Waals surface area contributed by atoms with Crippen LogP contribution in [0, 0.1) is 0 Å². The van der Waals surface area contributed by atoms with E-state index in [1.54, 1.807) is 25.1 Å². The Bertz CT molecular complexity index is 593. The van der Waals surface area contributed by atoms with E-state index in [1.807, 2.05) is 0 Å². The van der Waals surface area contributed by atoms with E-state index in [2.05, 4.69) is 5.32 Å². The van der Waals surface area contributed by atoms with Crippen LogP contribution in [-0.4, -0.2) is 42.1 Å². The van der Waals surface area contributed by atoms with Gasteiger partial charge in [0.15, 0.2) is 0 Å². The van der Waals surface area contributed by atoms with Gasteiger partial charge in [-0.2, -0.15) is 0 Å². The number of carboxylic acids is 1. The van der Waals surface area contributed by atoms with E-state index in [4.69, 9.17) is 30.9 Å². The minimum absolute atomic E-state index is 0.141. The molecule has 0 aliphatic rings. The van der Waals surface area contributed by atoms with Crippen molar-refractivity contribution in [1.29, 1.82) is 0 Å². The highest BCUT2D eigenvalue weighted by Crippen LogP contribution is 2.24. The average molecular weight is 360 g/mol. The zero-order chi connectivity index (χ0) is 18.1. The summed E-state index contributed by atoms with van der Waals surface area (Å²) in [5.74, 6) is -1.64. The summed E-state index contributed by atoms with van der Waals surface area (Å²) in [6.07, 6.45) is -3.26. The molecule has 1 amide bonds. The molecule has 1 aromatic rings. The third kappa shape index (κ3) is 6.74. The minimum Gasteiger partial charge on any atom is -0.478 e. The highest BCUT2D eigenvalue weighted by atomic mass is 35.5. The molecule has 2 atom stereocenters. The summed E-state index contributed by atoms with van der Waals surface area (Å²) in [6.45, 7) is 2.59. The first kappa shape index (κ1) is 19.6. The lowest BCUT2D eigenvalue weighted by Crippen LogP contribution is -2.41. The van der Waals surface area contributed by atoms with Gasteiger partial charge in [0.25, 0.3) is 0 Å². The van der Waals surface area contributed by atoms with E-state index in [1.165, 1.54) is 13.0 Å². The van der Waals surface area contributed by atoms with Crippen molar-refractivity contribution in [1.82, 2.24) is 5.32 Å². The molecule has 0 heterocycles. The van der Waals surface area contributed by atoms with Gasteiger partial charge in [-0.05, 0) is 12.1 Å². The normalized spacial score (nSPS) is 12.6. The predicted octanol–water partition coefficient (Wildman–Crippen LogP) is 2.20. The van der Waals surface area contributed by atoms with Gasteiger partial charge in [-0.3, -0.25) is 4.79 Å². The van der Waals surface area contributed by atoms with Gasteiger partial charge in [0.1, 0.15) is 5.75 Å². The maximum atomic E-state index is 11.6. The molecule has 0 spiro atoms. The van der Waals surface area contributed by atoms with Crippen LogP contribution in [0.2, 0.25) is 5.02 Å². The van der Waals surface area contributed by atoms with Crippen LogP contribution in [0.5, 0.6) is 5.75 Å². The molecule has 0 unspecified atom stereocenters. The number of hydrogen-bond acceptors (Lipinski definition) is 6. The summed E-state index contributed by atoms with van der Waals surface area (Å²) >= 11 is 5.89. The molecule has 0 fully saturated rings. The molecule has 0 radical (unpaired) electrons. The second-order valence-electron chi connectivity index (χ2n) is 4.57. The number of para-hydroxylation sites is 1. The summed E-state index contributed by atoms with van der Waals surface area (Å²) in [7, 11) is 0. The molecule has 0 aromatic heterocycles. The molecule has 1 aromatic carbocycles. The first-order valence-electron chi connectivity index (χ1n) is 7.11. The molecule has 0 saturated heterocycles. The van der Waals surface area contributed by atoms with E-state index in [0.29, 0.717) is 0 Å². The second kappa shape index (κ2) is 9.61. The first-order valence-corrected chi connectivity index (χ1v) is 7.49. The number of amides is 1. The summed E-state index contributed by atoms with van der Waals surface area (Å²) < 4.78 is 14.8. The van der Waals surface area contributed by atoms with Crippen LogP contribution in [0.4, 0.5) is 4.79 Å². The fourth-order valence-corrected chi connectivity index (χ4v) is 1.71. The molecule has 0 bridgehead atoms. The number of alkyl carbamates (subject to hydrolysis) is 1. The summed E-state index contributed by atoms with van der Waals surface area (Å²) in [5, 5.41) is 11.6. The zero-order valence-corrected chi connectivity index (χ0v) is 13.9. The second-order valence-corrected chi connectivity index (χ2v) is 4.98. The highest BCUT2D eigenvalue weighted by molar-refractivity contribution is 6.32. The van der Waals surface area contributed by atoms with Crippen LogP contribution in [0.25, 0.3) is 0 Å². The Labute approximate surface area is 143 Å². The molecule has 8 nitrogen and oxygen atoms in total. The number of esters is 1. The van der Waals surface area contributed by atoms with Gasteiger partial charge in [-0.15, -0.1) is 0 Å². The molecule has 9 heteroatoms. The van der Waals surface area contributed by atoms with Crippen LogP contribution >= 0.6 is 11.6 Å². The number of benzene rings is 1. The molecule has 2 N–H and O–H groups in total. The third-order valence-corrected chi connectivity index (χ3v) is 2.98. The van der Waals surface area contributed by atoms with Gasteiger partial charge in [-0.1, -0.05) is 30.7 Å². The lowest BCUT2D eigenvalue weighted by atomic mass is 10.3. The summed E-state index contributed by atoms with van der Waals surface area (Å²) in [5.41, 5.74) is 0. The maximum Gasteiger partial charge on any atom is 0.410 e. The number of hydrogen-bond donors (Lipinski definition) is 2. The number of halogens is 1. The SMILES string of the molecule is CCC(=O)O[C@H](C)OC(=O)NC[C@H](Oc1ccccc1Cl)C(=O)O.